The van der Waals surface area contributed by atoms with Gasteiger partial charge in [-0.3, -0.25) is 19.2 Å². The molecule has 1 fully saturated rings. The zero-order valence-corrected chi connectivity index (χ0v) is 27.0. The minimum absolute atomic E-state index is 0.000986. The zero-order valence-electron chi connectivity index (χ0n) is 26.2. The van der Waals surface area contributed by atoms with Gasteiger partial charge in [0.2, 0.25) is 17.7 Å². The molecule has 1 unspecified atom stereocenters. The van der Waals surface area contributed by atoms with Gasteiger partial charge in [-0.25, -0.2) is 14.3 Å². The minimum Gasteiger partial charge on any atom is -0.436 e. The molecule has 9 nitrogen and oxygen atoms in total. The summed E-state index contributed by atoms with van der Waals surface area (Å²) < 4.78 is 19.8. The van der Waals surface area contributed by atoms with Gasteiger partial charge in [-0.2, -0.15) is 0 Å². The maximum Gasteiger partial charge on any atom is 0.272 e. The number of aromatic nitrogens is 1. The fourth-order valence-corrected chi connectivity index (χ4v) is 6.54. The second-order valence-electron chi connectivity index (χ2n) is 11.3. The molecule has 0 bridgehead atoms. The molecule has 7 rings (SSSR count). The lowest BCUT2D eigenvalue weighted by atomic mass is 10.1. The van der Waals surface area contributed by atoms with Gasteiger partial charge in [0, 0.05) is 28.1 Å². The van der Waals surface area contributed by atoms with Crippen LogP contribution >= 0.6 is 11.8 Å². The molecule has 1 aliphatic heterocycles. The van der Waals surface area contributed by atoms with Crippen LogP contribution in [0.15, 0.2) is 142 Å². The SMILES string of the molecule is O=C(Nc1cccc(SC2CC(=O)N(c3ccc(-c4nc5ccccc5o4)cc3)C2=O)c1)/C(=C/c1cccc(F)c1)NC(=O)c1ccccc1. The first-order chi connectivity index (χ1) is 24.3. The molecule has 0 saturated carbocycles. The molecule has 1 saturated heterocycles. The summed E-state index contributed by atoms with van der Waals surface area (Å²) in [6.45, 7) is 0. The Hall–Kier alpha value is -6.33. The fourth-order valence-electron chi connectivity index (χ4n) is 5.43. The fraction of sp³-hybridized carbons (Fsp3) is 0.0513. The van der Waals surface area contributed by atoms with Crippen LogP contribution in [-0.2, 0) is 14.4 Å². The van der Waals surface area contributed by atoms with E-state index in [1.165, 1.54) is 40.9 Å². The maximum atomic E-state index is 13.9. The molecule has 2 heterocycles. The number of anilines is 2. The van der Waals surface area contributed by atoms with Crippen molar-refractivity contribution in [3.8, 4) is 11.5 Å². The molecule has 5 aromatic carbocycles. The number of para-hydroxylation sites is 2. The number of nitrogens with zero attached hydrogens (tertiary/aromatic N) is 2. The molecule has 11 heteroatoms. The maximum absolute atomic E-state index is 13.9. The number of imide groups is 1. The number of amides is 4. The molecule has 1 aromatic heterocycles. The van der Waals surface area contributed by atoms with E-state index in [1.807, 2.05) is 24.3 Å². The van der Waals surface area contributed by atoms with Gasteiger partial charge >= 0.3 is 0 Å². The molecule has 2 N–H and O–H groups in total. The van der Waals surface area contributed by atoms with Gasteiger partial charge in [0.15, 0.2) is 5.58 Å². The summed E-state index contributed by atoms with van der Waals surface area (Å²) in [5.41, 5.74) is 3.56. The van der Waals surface area contributed by atoms with Crippen molar-refractivity contribution in [3.63, 3.8) is 0 Å². The number of halogens is 1. The van der Waals surface area contributed by atoms with Gasteiger partial charge in [0.05, 0.1) is 10.9 Å². The third-order valence-corrected chi connectivity index (χ3v) is 9.01. The predicted molar refractivity (Wildman–Crippen MR) is 190 cm³/mol. The number of hydrogen-bond donors (Lipinski definition) is 2. The zero-order chi connectivity index (χ0) is 34.6. The van der Waals surface area contributed by atoms with Crippen LogP contribution in [0.25, 0.3) is 28.6 Å². The van der Waals surface area contributed by atoms with E-state index in [2.05, 4.69) is 15.6 Å². The van der Waals surface area contributed by atoms with Crippen LogP contribution in [0.2, 0.25) is 0 Å². The van der Waals surface area contributed by atoms with E-state index in [9.17, 15) is 23.6 Å². The molecular weight excluding hydrogens is 656 g/mol. The molecule has 6 aromatic rings. The average Bonchev–Trinajstić information content (AvgIpc) is 3.68. The smallest absolute Gasteiger partial charge is 0.272 e. The average molecular weight is 683 g/mol. The lowest BCUT2D eigenvalue weighted by Crippen LogP contribution is -2.31. The number of benzene rings is 5. The quantitative estimate of drug-likeness (QED) is 0.120. The lowest BCUT2D eigenvalue weighted by molar-refractivity contribution is -0.121. The van der Waals surface area contributed by atoms with E-state index in [1.54, 1.807) is 84.9 Å². The highest BCUT2D eigenvalue weighted by Crippen LogP contribution is 2.36. The summed E-state index contributed by atoms with van der Waals surface area (Å²) in [5.74, 6) is -1.89. The van der Waals surface area contributed by atoms with E-state index < -0.39 is 22.9 Å². The van der Waals surface area contributed by atoms with Gasteiger partial charge in [-0.1, -0.05) is 48.5 Å². The normalized spacial score (nSPS) is 14.6. The van der Waals surface area contributed by atoms with E-state index in [-0.39, 0.29) is 23.9 Å². The van der Waals surface area contributed by atoms with Crippen LogP contribution in [0.3, 0.4) is 0 Å². The van der Waals surface area contributed by atoms with Crippen molar-refractivity contribution in [3.05, 3.63) is 150 Å². The van der Waals surface area contributed by atoms with Crippen LogP contribution in [0, 0.1) is 5.82 Å². The number of thioether (sulfide) groups is 1. The van der Waals surface area contributed by atoms with Gasteiger partial charge < -0.3 is 15.1 Å². The topological polar surface area (TPSA) is 122 Å². The van der Waals surface area contributed by atoms with E-state index in [4.69, 9.17) is 4.42 Å². The van der Waals surface area contributed by atoms with E-state index in [0.29, 0.717) is 44.4 Å². The molecule has 50 heavy (non-hydrogen) atoms. The third-order valence-electron chi connectivity index (χ3n) is 7.83. The van der Waals surface area contributed by atoms with Crippen LogP contribution in [-0.4, -0.2) is 33.9 Å². The summed E-state index contributed by atoms with van der Waals surface area (Å²) >= 11 is 1.21. The highest BCUT2D eigenvalue weighted by atomic mass is 32.2. The van der Waals surface area contributed by atoms with E-state index >= 15 is 0 Å². The Morgan fingerprint density at radius 1 is 0.860 bits per heavy atom. The summed E-state index contributed by atoms with van der Waals surface area (Å²) in [6.07, 6.45) is 1.38. The Kier molecular flexibility index (Phi) is 9.04. The van der Waals surface area contributed by atoms with E-state index in [0.717, 1.165) is 5.52 Å². The van der Waals surface area contributed by atoms with Gasteiger partial charge in [0.25, 0.3) is 11.8 Å². The summed E-state index contributed by atoms with van der Waals surface area (Å²) in [4.78, 5) is 59.3. The minimum atomic E-state index is -0.682. The number of hydrogen-bond acceptors (Lipinski definition) is 7. The summed E-state index contributed by atoms with van der Waals surface area (Å²) in [5, 5.41) is 4.73. The van der Waals surface area contributed by atoms with Crippen LogP contribution in [0.4, 0.5) is 15.8 Å². The first-order valence-corrected chi connectivity index (χ1v) is 16.4. The van der Waals surface area contributed by atoms with Gasteiger partial charge in [-0.05, 0) is 90.5 Å². The molecule has 4 amide bonds. The largest absolute Gasteiger partial charge is 0.436 e. The van der Waals surface area contributed by atoms with Crippen molar-refractivity contribution in [2.75, 3.05) is 10.2 Å². The second-order valence-corrected chi connectivity index (χ2v) is 12.6. The molecular formula is C39H27FN4O5S. The first-order valence-electron chi connectivity index (χ1n) is 15.6. The highest BCUT2D eigenvalue weighted by Gasteiger charge is 2.40. The molecule has 0 aliphatic carbocycles. The summed E-state index contributed by atoms with van der Waals surface area (Å²) in [6, 6.07) is 35.2. The van der Waals surface area contributed by atoms with Crippen LogP contribution in [0.5, 0.6) is 0 Å². The number of fused-ring (bicyclic) bond motifs is 1. The Labute approximate surface area is 289 Å². The monoisotopic (exact) mass is 682 g/mol. The van der Waals surface area contributed by atoms with Gasteiger partial charge in [0.1, 0.15) is 17.0 Å². The Morgan fingerprint density at radius 3 is 2.40 bits per heavy atom. The number of nitrogens with one attached hydrogen (secondary N) is 2. The Bertz CT molecular complexity index is 2250. The molecule has 1 aliphatic rings. The van der Waals surface area contributed by atoms with Crippen molar-refractivity contribution in [2.45, 2.75) is 16.6 Å². The molecule has 246 valence electrons. The number of rotatable bonds is 9. The third kappa shape index (κ3) is 7.08. The molecule has 1 atom stereocenters. The van der Waals surface area contributed by atoms with Crippen molar-refractivity contribution in [1.82, 2.24) is 10.3 Å². The van der Waals surface area contributed by atoms with Crippen LogP contribution < -0.4 is 15.5 Å². The number of oxazole rings is 1. The first kappa shape index (κ1) is 32.2. The van der Waals surface area contributed by atoms with Crippen molar-refractivity contribution in [2.24, 2.45) is 0 Å². The van der Waals surface area contributed by atoms with Crippen molar-refractivity contribution < 1.29 is 28.0 Å². The Balaban J connectivity index is 1.04. The number of carbonyl (C=O) groups excluding carboxylic acids is 4. The Morgan fingerprint density at radius 2 is 1.62 bits per heavy atom. The highest BCUT2D eigenvalue weighted by molar-refractivity contribution is 8.00. The number of carbonyl (C=O) groups is 4. The van der Waals surface area contributed by atoms with Crippen molar-refractivity contribution in [1.29, 1.82) is 0 Å². The second kappa shape index (κ2) is 14.0. The summed E-state index contributed by atoms with van der Waals surface area (Å²) in [7, 11) is 0. The molecule has 0 spiro atoms. The lowest BCUT2D eigenvalue weighted by Gasteiger charge is -2.15. The molecule has 0 radical (unpaired) electrons. The standard InChI is InChI=1S/C39H27FN4O5S/c40-27-11-6-8-24(20-27)21-32(42-36(46)25-9-2-1-3-10-25)37(47)41-28-12-7-13-30(22-28)50-34-23-35(45)44(39(34)48)29-18-16-26(17-19-29)38-43-31-14-4-5-15-33(31)49-38/h1-22,34H,23H2,(H,41,47)(H,42,46)/b32-21-. The van der Waals surface area contributed by atoms with Crippen molar-refractivity contribution >= 4 is 63.9 Å². The van der Waals surface area contributed by atoms with Crippen LogP contribution in [0.1, 0.15) is 22.3 Å². The van der Waals surface area contributed by atoms with Gasteiger partial charge in [-0.15, -0.1) is 11.8 Å². The predicted octanol–water partition coefficient (Wildman–Crippen LogP) is 7.47.